The molecule has 0 fully saturated rings. The lowest BCUT2D eigenvalue weighted by Crippen LogP contribution is -1.95. The van der Waals surface area contributed by atoms with Crippen LogP contribution in [0.3, 0.4) is 0 Å². The van der Waals surface area contributed by atoms with E-state index in [0.717, 1.165) is 28.0 Å². The van der Waals surface area contributed by atoms with Gasteiger partial charge < -0.3 is 9.47 Å². The first-order valence-electron chi connectivity index (χ1n) is 7.33. The molecule has 0 saturated heterocycles. The van der Waals surface area contributed by atoms with Gasteiger partial charge in [-0.1, -0.05) is 0 Å². The van der Waals surface area contributed by atoms with Gasteiger partial charge in [0.05, 0.1) is 22.4 Å². The van der Waals surface area contributed by atoms with E-state index in [4.69, 9.17) is 14.3 Å². The van der Waals surface area contributed by atoms with E-state index < -0.39 is 9.73 Å². The lowest BCUT2D eigenvalue weighted by atomic mass is 10.1. The molecule has 5 nitrogen and oxygen atoms in total. The van der Waals surface area contributed by atoms with Gasteiger partial charge >= 0.3 is 0 Å². The molecule has 3 rings (SSSR count). The monoisotopic (exact) mass is 342 g/mol. The summed E-state index contributed by atoms with van der Waals surface area (Å²) in [5.74, 6) is 2.08. The fourth-order valence-electron chi connectivity index (χ4n) is 2.40. The standard InChI is InChI=1S/C18H18N2O3S/c1-12-11-20-17-10-14(22-2)6-9-16(17)18(12)23-13-4-7-15(8-5-13)24(3,19)21/h4-11,19H,1-3H3. The highest BCUT2D eigenvalue weighted by atomic mass is 32.2. The van der Waals surface area contributed by atoms with E-state index in [2.05, 4.69) is 4.98 Å². The van der Waals surface area contributed by atoms with Gasteiger partial charge in [0.15, 0.2) is 0 Å². The number of rotatable bonds is 4. The molecule has 2 aromatic carbocycles. The largest absolute Gasteiger partial charge is 0.497 e. The molecule has 0 aliphatic carbocycles. The van der Waals surface area contributed by atoms with Gasteiger partial charge in [-0.2, -0.15) is 0 Å². The number of hydrogen-bond donors (Lipinski definition) is 1. The second kappa shape index (κ2) is 6.13. The van der Waals surface area contributed by atoms with Crippen LogP contribution in [0.15, 0.2) is 53.6 Å². The highest BCUT2D eigenvalue weighted by molar-refractivity contribution is 7.91. The maximum absolute atomic E-state index is 11.8. The Morgan fingerprint density at radius 1 is 1.08 bits per heavy atom. The van der Waals surface area contributed by atoms with Crippen LogP contribution in [0.4, 0.5) is 0 Å². The fourth-order valence-corrected chi connectivity index (χ4v) is 3.05. The molecule has 0 bridgehead atoms. The van der Waals surface area contributed by atoms with Crippen molar-refractivity contribution in [2.24, 2.45) is 0 Å². The Hall–Kier alpha value is -2.60. The third-order valence-corrected chi connectivity index (χ3v) is 4.87. The van der Waals surface area contributed by atoms with E-state index in [9.17, 15) is 4.21 Å². The number of aryl methyl sites for hydroxylation is 1. The van der Waals surface area contributed by atoms with Crippen molar-refractivity contribution in [2.75, 3.05) is 13.4 Å². The fraction of sp³-hybridized carbons (Fsp3) is 0.167. The molecule has 1 aromatic heterocycles. The van der Waals surface area contributed by atoms with Crippen LogP contribution in [0.2, 0.25) is 0 Å². The maximum atomic E-state index is 11.8. The number of ether oxygens (including phenoxy) is 2. The predicted octanol–water partition coefficient (Wildman–Crippen LogP) is 4.38. The van der Waals surface area contributed by atoms with Crippen LogP contribution in [-0.4, -0.2) is 22.6 Å². The van der Waals surface area contributed by atoms with Crippen LogP contribution in [0, 0.1) is 11.7 Å². The van der Waals surface area contributed by atoms with Crippen molar-refractivity contribution in [3.05, 3.63) is 54.2 Å². The lowest BCUT2D eigenvalue weighted by molar-refractivity contribution is 0.415. The third kappa shape index (κ3) is 3.19. The van der Waals surface area contributed by atoms with E-state index in [0.29, 0.717) is 10.6 Å². The molecule has 6 heteroatoms. The first-order chi connectivity index (χ1) is 11.4. The average Bonchev–Trinajstić information content (AvgIpc) is 2.56. The van der Waals surface area contributed by atoms with E-state index in [-0.39, 0.29) is 0 Å². The van der Waals surface area contributed by atoms with Crippen molar-refractivity contribution in [3.63, 3.8) is 0 Å². The lowest BCUT2D eigenvalue weighted by Gasteiger charge is -2.12. The quantitative estimate of drug-likeness (QED) is 0.764. The molecule has 0 radical (unpaired) electrons. The second-order valence-electron chi connectivity index (χ2n) is 5.57. The number of hydrogen-bond acceptors (Lipinski definition) is 5. The second-order valence-corrected chi connectivity index (χ2v) is 7.73. The van der Waals surface area contributed by atoms with E-state index >= 15 is 0 Å². The first kappa shape index (κ1) is 16.3. The minimum absolute atomic E-state index is 0.482. The molecular weight excluding hydrogens is 324 g/mol. The van der Waals surface area contributed by atoms with Crippen molar-refractivity contribution in [3.8, 4) is 17.2 Å². The third-order valence-electron chi connectivity index (χ3n) is 3.70. The van der Waals surface area contributed by atoms with E-state index in [1.165, 1.54) is 6.26 Å². The summed E-state index contributed by atoms with van der Waals surface area (Å²) < 4.78 is 30.6. The molecule has 1 unspecified atom stereocenters. The van der Waals surface area contributed by atoms with Crippen molar-refractivity contribution in [1.82, 2.24) is 4.98 Å². The van der Waals surface area contributed by atoms with Crippen molar-refractivity contribution in [1.29, 1.82) is 4.78 Å². The van der Waals surface area contributed by atoms with Gasteiger partial charge in [-0.3, -0.25) is 4.98 Å². The Kier molecular flexibility index (Phi) is 4.15. The van der Waals surface area contributed by atoms with E-state index in [1.54, 1.807) is 37.6 Å². The Morgan fingerprint density at radius 2 is 1.75 bits per heavy atom. The van der Waals surface area contributed by atoms with Crippen molar-refractivity contribution >= 4 is 20.6 Å². The normalized spacial score (nSPS) is 13.5. The molecule has 1 N–H and O–H groups in total. The maximum Gasteiger partial charge on any atom is 0.141 e. The van der Waals surface area contributed by atoms with Gasteiger partial charge in [-0.15, -0.1) is 0 Å². The van der Waals surface area contributed by atoms with Crippen LogP contribution >= 0.6 is 0 Å². The summed E-state index contributed by atoms with van der Waals surface area (Å²) in [5, 5.41) is 0.889. The number of pyridine rings is 1. The van der Waals surface area contributed by atoms with Crippen molar-refractivity contribution < 1.29 is 13.7 Å². The molecule has 0 aliphatic rings. The van der Waals surface area contributed by atoms with Gasteiger partial charge in [0.2, 0.25) is 0 Å². The highest BCUT2D eigenvalue weighted by Crippen LogP contribution is 2.34. The van der Waals surface area contributed by atoms with Crippen LogP contribution in [-0.2, 0) is 9.73 Å². The minimum Gasteiger partial charge on any atom is -0.497 e. The molecule has 0 saturated carbocycles. The van der Waals surface area contributed by atoms with Crippen LogP contribution in [0.5, 0.6) is 17.2 Å². The van der Waals surface area contributed by atoms with Crippen LogP contribution in [0.25, 0.3) is 10.9 Å². The minimum atomic E-state index is -2.72. The van der Waals surface area contributed by atoms with E-state index in [1.807, 2.05) is 25.1 Å². The zero-order chi connectivity index (χ0) is 17.3. The Bertz CT molecular complexity index is 997. The zero-order valence-corrected chi connectivity index (χ0v) is 14.5. The molecule has 1 atom stereocenters. The number of benzene rings is 2. The molecule has 3 aromatic rings. The summed E-state index contributed by atoms with van der Waals surface area (Å²) in [7, 11) is -1.10. The Labute approximate surface area is 141 Å². The smallest absolute Gasteiger partial charge is 0.141 e. The zero-order valence-electron chi connectivity index (χ0n) is 13.7. The number of nitrogens with one attached hydrogen (secondary N) is 1. The molecule has 24 heavy (non-hydrogen) atoms. The van der Waals surface area contributed by atoms with Crippen molar-refractivity contribution in [2.45, 2.75) is 11.8 Å². The summed E-state index contributed by atoms with van der Waals surface area (Å²) in [5.41, 5.74) is 1.70. The van der Waals surface area contributed by atoms with Crippen LogP contribution in [0.1, 0.15) is 5.56 Å². The number of nitrogens with zero attached hydrogens (tertiary/aromatic N) is 1. The highest BCUT2D eigenvalue weighted by Gasteiger charge is 2.10. The van der Waals surface area contributed by atoms with Gasteiger partial charge in [-0.25, -0.2) is 8.99 Å². The topological polar surface area (TPSA) is 72.3 Å². The number of aromatic nitrogens is 1. The number of fused-ring (bicyclic) bond motifs is 1. The summed E-state index contributed by atoms with van der Waals surface area (Å²) >= 11 is 0. The molecule has 1 heterocycles. The van der Waals surface area contributed by atoms with Gasteiger partial charge in [-0.05, 0) is 43.3 Å². The summed E-state index contributed by atoms with van der Waals surface area (Å²) in [4.78, 5) is 4.90. The summed E-state index contributed by atoms with van der Waals surface area (Å²) in [6.07, 6.45) is 3.16. The van der Waals surface area contributed by atoms with Gasteiger partial charge in [0.25, 0.3) is 0 Å². The molecule has 124 valence electrons. The summed E-state index contributed by atoms with van der Waals surface area (Å²) in [6.45, 7) is 1.93. The molecule has 0 spiro atoms. The Balaban J connectivity index is 2.02. The molecular formula is C18H18N2O3S. The van der Waals surface area contributed by atoms with Crippen LogP contribution < -0.4 is 9.47 Å². The predicted molar refractivity (Wildman–Crippen MR) is 94.6 cm³/mol. The average molecular weight is 342 g/mol. The molecule has 0 amide bonds. The summed E-state index contributed by atoms with van der Waals surface area (Å²) in [6, 6.07) is 12.4. The first-order valence-corrected chi connectivity index (χ1v) is 9.30. The Morgan fingerprint density at radius 3 is 2.38 bits per heavy atom. The van der Waals surface area contributed by atoms with Gasteiger partial charge in [0.1, 0.15) is 17.2 Å². The molecule has 0 aliphatic heterocycles. The number of methoxy groups -OCH3 is 1. The van der Waals surface area contributed by atoms with Gasteiger partial charge in [0, 0.05) is 34.4 Å². The SMILES string of the molecule is COc1ccc2c(Oc3ccc(S(C)(=N)=O)cc3)c(C)cnc2c1.